The van der Waals surface area contributed by atoms with Crippen molar-refractivity contribution >= 4 is 0 Å². The molecule has 1 aliphatic carbocycles. The lowest BCUT2D eigenvalue weighted by Gasteiger charge is -2.36. The summed E-state index contributed by atoms with van der Waals surface area (Å²) in [4.78, 5) is 2.39. The van der Waals surface area contributed by atoms with Crippen LogP contribution in [0.15, 0.2) is 0 Å². The van der Waals surface area contributed by atoms with Gasteiger partial charge in [-0.15, -0.1) is 0 Å². The second kappa shape index (κ2) is 8.85. The molecule has 20 heavy (non-hydrogen) atoms. The summed E-state index contributed by atoms with van der Waals surface area (Å²) in [5.74, 6) is 0. The third-order valence-corrected chi connectivity index (χ3v) is 3.77. The van der Waals surface area contributed by atoms with E-state index in [0.717, 1.165) is 45.2 Å². The molecule has 0 aromatic heterocycles. The van der Waals surface area contributed by atoms with Gasteiger partial charge in [0, 0.05) is 25.2 Å². The highest BCUT2D eigenvalue weighted by Gasteiger charge is 2.27. The molecule has 2 N–H and O–H groups in total. The van der Waals surface area contributed by atoms with Crippen LogP contribution in [0.5, 0.6) is 0 Å². The Bertz CT molecular complexity index is 253. The summed E-state index contributed by atoms with van der Waals surface area (Å²) in [5, 5.41) is 0. The van der Waals surface area contributed by atoms with E-state index in [1.54, 1.807) is 0 Å². The first kappa shape index (κ1) is 17.7. The average Bonchev–Trinajstić information content (AvgIpc) is 2.37. The maximum Gasteiger partial charge on any atom is 0.411 e. The second-order valence-corrected chi connectivity index (χ2v) is 5.63. The summed E-state index contributed by atoms with van der Waals surface area (Å²) in [6, 6.07) is 0.863. The van der Waals surface area contributed by atoms with Crippen LogP contribution in [0.25, 0.3) is 0 Å². The molecule has 0 amide bonds. The van der Waals surface area contributed by atoms with Crippen LogP contribution in [0.2, 0.25) is 0 Å². The van der Waals surface area contributed by atoms with E-state index in [1.807, 2.05) is 0 Å². The predicted octanol–water partition coefficient (Wildman–Crippen LogP) is 2.94. The predicted molar refractivity (Wildman–Crippen MR) is 73.6 cm³/mol. The molecule has 1 rings (SSSR count). The van der Waals surface area contributed by atoms with Gasteiger partial charge < -0.3 is 15.4 Å². The molecule has 6 heteroatoms. The summed E-state index contributed by atoms with van der Waals surface area (Å²) in [7, 11) is 0. The minimum atomic E-state index is -4.22. The number of nitrogens with zero attached hydrogens (tertiary/aromatic N) is 1. The first-order valence-corrected chi connectivity index (χ1v) is 7.56. The molecule has 1 fully saturated rings. The molecule has 1 aliphatic rings. The number of ether oxygens (including phenoxy) is 1. The van der Waals surface area contributed by atoms with Crippen molar-refractivity contribution in [1.29, 1.82) is 0 Å². The number of nitrogens with two attached hydrogens (primary N) is 1. The summed E-state index contributed by atoms with van der Waals surface area (Å²) in [6.45, 7) is 2.97. The van der Waals surface area contributed by atoms with Crippen molar-refractivity contribution in [3.63, 3.8) is 0 Å². The zero-order valence-electron chi connectivity index (χ0n) is 12.3. The minimum absolute atomic E-state index is 0.173. The van der Waals surface area contributed by atoms with E-state index < -0.39 is 12.8 Å². The van der Waals surface area contributed by atoms with Gasteiger partial charge >= 0.3 is 6.18 Å². The maximum absolute atomic E-state index is 11.9. The molecule has 0 aromatic rings. The molecule has 0 heterocycles. The van der Waals surface area contributed by atoms with Crippen LogP contribution in [-0.2, 0) is 4.74 Å². The number of rotatable bonds is 8. The number of hydrogen-bond acceptors (Lipinski definition) is 3. The van der Waals surface area contributed by atoms with Crippen molar-refractivity contribution in [3.05, 3.63) is 0 Å². The van der Waals surface area contributed by atoms with Crippen molar-refractivity contribution in [1.82, 2.24) is 4.90 Å². The molecular weight excluding hydrogens is 269 g/mol. The zero-order chi connectivity index (χ0) is 15.0. The quantitative estimate of drug-likeness (QED) is 0.700. The number of hydrogen-bond donors (Lipinski definition) is 1. The van der Waals surface area contributed by atoms with Gasteiger partial charge in [0.1, 0.15) is 6.61 Å². The fourth-order valence-corrected chi connectivity index (χ4v) is 2.79. The van der Waals surface area contributed by atoms with E-state index in [0.29, 0.717) is 18.5 Å². The standard InChI is InChI=1S/C14H27F3N2O/c1-2-8-19(13-6-4-12(18)5-7-13)9-3-10-20-11-14(15,16)17/h12-13H,2-11,18H2,1H3. The van der Waals surface area contributed by atoms with Gasteiger partial charge in [-0.2, -0.15) is 13.2 Å². The maximum atomic E-state index is 11.9. The van der Waals surface area contributed by atoms with Gasteiger partial charge in [-0.1, -0.05) is 6.92 Å². The Morgan fingerprint density at radius 2 is 1.80 bits per heavy atom. The summed E-state index contributed by atoms with van der Waals surface area (Å²) in [6.07, 6.45) is 1.80. The smallest absolute Gasteiger partial charge is 0.372 e. The molecule has 3 nitrogen and oxygen atoms in total. The van der Waals surface area contributed by atoms with Crippen molar-refractivity contribution in [2.24, 2.45) is 5.73 Å². The Hall–Kier alpha value is -0.330. The van der Waals surface area contributed by atoms with Gasteiger partial charge in [0.05, 0.1) is 0 Å². The first-order valence-electron chi connectivity index (χ1n) is 7.56. The summed E-state index contributed by atoms with van der Waals surface area (Å²) < 4.78 is 40.5. The van der Waals surface area contributed by atoms with Crippen molar-refractivity contribution in [2.45, 2.75) is 63.7 Å². The zero-order valence-corrected chi connectivity index (χ0v) is 12.3. The molecule has 0 atom stereocenters. The summed E-state index contributed by atoms with van der Waals surface area (Å²) >= 11 is 0. The SMILES string of the molecule is CCCN(CCCOCC(F)(F)F)C1CCC(N)CC1. The van der Waals surface area contributed by atoms with Crippen molar-refractivity contribution in [3.8, 4) is 0 Å². The van der Waals surface area contributed by atoms with Crippen LogP contribution in [-0.4, -0.2) is 49.5 Å². The largest absolute Gasteiger partial charge is 0.411 e. The van der Waals surface area contributed by atoms with Crippen molar-refractivity contribution < 1.29 is 17.9 Å². The number of alkyl halides is 3. The Labute approximate surface area is 119 Å². The number of halogens is 3. The third kappa shape index (κ3) is 7.45. The lowest BCUT2D eigenvalue weighted by molar-refractivity contribution is -0.174. The van der Waals surface area contributed by atoms with E-state index in [1.165, 1.54) is 0 Å². The van der Waals surface area contributed by atoms with E-state index >= 15 is 0 Å². The van der Waals surface area contributed by atoms with Crippen LogP contribution in [0.4, 0.5) is 13.2 Å². The van der Waals surface area contributed by atoms with Crippen LogP contribution >= 0.6 is 0 Å². The summed E-state index contributed by atoms with van der Waals surface area (Å²) in [5.41, 5.74) is 5.91. The van der Waals surface area contributed by atoms with E-state index in [2.05, 4.69) is 16.6 Å². The van der Waals surface area contributed by atoms with Gasteiger partial charge in [-0.3, -0.25) is 0 Å². The van der Waals surface area contributed by atoms with Crippen LogP contribution in [0.1, 0.15) is 45.4 Å². The molecule has 0 bridgehead atoms. The molecule has 120 valence electrons. The van der Waals surface area contributed by atoms with Crippen LogP contribution in [0, 0.1) is 0 Å². The first-order chi connectivity index (χ1) is 9.42. The van der Waals surface area contributed by atoms with Crippen molar-refractivity contribution in [2.75, 3.05) is 26.3 Å². The monoisotopic (exact) mass is 296 g/mol. The Kier molecular flexibility index (Phi) is 7.84. The molecule has 0 spiro atoms. The van der Waals surface area contributed by atoms with E-state index in [-0.39, 0.29) is 6.61 Å². The highest BCUT2D eigenvalue weighted by Crippen LogP contribution is 2.22. The van der Waals surface area contributed by atoms with Crippen LogP contribution in [0.3, 0.4) is 0 Å². The second-order valence-electron chi connectivity index (χ2n) is 5.63. The average molecular weight is 296 g/mol. The van der Waals surface area contributed by atoms with Gasteiger partial charge in [0.25, 0.3) is 0 Å². The molecule has 0 radical (unpaired) electrons. The molecule has 0 unspecified atom stereocenters. The van der Waals surface area contributed by atoms with Gasteiger partial charge in [-0.25, -0.2) is 0 Å². The van der Waals surface area contributed by atoms with E-state index in [4.69, 9.17) is 5.73 Å². The van der Waals surface area contributed by atoms with Gasteiger partial charge in [0.2, 0.25) is 0 Å². The van der Waals surface area contributed by atoms with E-state index in [9.17, 15) is 13.2 Å². The highest BCUT2D eigenvalue weighted by atomic mass is 19.4. The fourth-order valence-electron chi connectivity index (χ4n) is 2.79. The Morgan fingerprint density at radius 1 is 1.15 bits per heavy atom. The molecule has 0 aliphatic heterocycles. The van der Waals surface area contributed by atoms with Gasteiger partial charge in [-0.05, 0) is 45.1 Å². The molecule has 1 saturated carbocycles. The molecular formula is C14H27F3N2O. The lowest BCUT2D eigenvalue weighted by atomic mass is 9.90. The molecule has 0 saturated heterocycles. The topological polar surface area (TPSA) is 38.5 Å². The fraction of sp³-hybridized carbons (Fsp3) is 1.00. The highest BCUT2D eigenvalue weighted by molar-refractivity contribution is 4.81. The Balaban J connectivity index is 2.22. The Morgan fingerprint density at radius 3 is 2.35 bits per heavy atom. The van der Waals surface area contributed by atoms with Gasteiger partial charge in [0.15, 0.2) is 0 Å². The third-order valence-electron chi connectivity index (χ3n) is 3.77. The van der Waals surface area contributed by atoms with Crippen LogP contribution < -0.4 is 5.73 Å². The molecule has 0 aromatic carbocycles. The minimum Gasteiger partial charge on any atom is -0.372 e. The normalized spacial score (nSPS) is 24.3. The lowest BCUT2D eigenvalue weighted by Crippen LogP contribution is -2.42.